The van der Waals surface area contributed by atoms with Crippen molar-refractivity contribution in [1.29, 1.82) is 0 Å². The fraction of sp³-hybridized carbons (Fsp3) is 0.600. The Morgan fingerprint density at radius 1 is 1.16 bits per heavy atom. The second-order valence-electron chi connectivity index (χ2n) is 5.67. The van der Waals surface area contributed by atoms with Crippen LogP contribution in [0.5, 0.6) is 0 Å². The van der Waals surface area contributed by atoms with Gasteiger partial charge in [0.1, 0.15) is 0 Å². The third kappa shape index (κ3) is 4.30. The van der Waals surface area contributed by atoms with E-state index in [9.17, 15) is 10.1 Å². The maximum atomic E-state index is 11.0. The maximum Gasteiger partial charge on any atom is 0.272 e. The van der Waals surface area contributed by atoms with Crippen LogP contribution in [0.1, 0.15) is 33.3 Å². The van der Waals surface area contributed by atoms with Crippen LogP contribution in [0.2, 0.25) is 0 Å². The van der Waals surface area contributed by atoms with Crippen LogP contribution in [0.15, 0.2) is 24.3 Å². The van der Waals surface area contributed by atoms with Crippen LogP contribution in [-0.4, -0.2) is 9.75 Å². The Morgan fingerprint density at radius 2 is 1.68 bits per heavy atom. The van der Waals surface area contributed by atoms with E-state index in [0.717, 1.165) is 5.56 Å². The van der Waals surface area contributed by atoms with Crippen LogP contribution in [0.25, 0.3) is 0 Å². The summed E-state index contributed by atoms with van der Waals surface area (Å²) < 4.78 is 0. The van der Waals surface area contributed by atoms with Gasteiger partial charge in [0.15, 0.2) is 0 Å². The second-order valence-corrected chi connectivity index (χ2v) is 6.85. The molecule has 0 amide bonds. The molecule has 1 atom stereocenters. The average Bonchev–Trinajstić information content (AvgIpc) is 2.27. The van der Waals surface area contributed by atoms with Crippen molar-refractivity contribution < 1.29 is 4.92 Å². The van der Waals surface area contributed by atoms with E-state index in [0.29, 0.717) is 24.2 Å². The van der Waals surface area contributed by atoms with Crippen molar-refractivity contribution in [3.63, 3.8) is 0 Å². The van der Waals surface area contributed by atoms with Gasteiger partial charge < -0.3 is 0 Å². The number of halogens is 1. The van der Waals surface area contributed by atoms with Gasteiger partial charge in [0.25, 0.3) is 5.69 Å². The van der Waals surface area contributed by atoms with Crippen molar-refractivity contribution in [3.05, 3.63) is 39.9 Å². The molecule has 0 spiro atoms. The van der Waals surface area contributed by atoms with Gasteiger partial charge in [-0.3, -0.25) is 10.1 Å². The largest absolute Gasteiger partial charge is 0.272 e. The molecule has 106 valence electrons. The normalized spacial score (nSPS) is 13.3. The fourth-order valence-corrected chi connectivity index (χ4v) is 4.38. The van der Waals surface area contributed by atoms with Gasteiger partial charge >= 0.3 is 0 Å². The number of hydrogen-bond acceptors (Lipinski definition) is 2. The summed E-state index contributed by atoms with van der Waals surface area (Å²) in [5.41, 5.74) is 1.03. The minimum Gasteiger partial charge on any atom is -0.258 e. The van der Waals surface area contributed by atoms with Crippen LogP contribution in [0.3, 0.4) is 0 Å². The number of rotatable bonds is 6. The lowest BCUT2D eigenvalue weighted by atomic mass is 9.81. The molecule has 0 fully saturated rings. The first-order valence-electron chi connectivity index (χ1n) is 6.71. The second kappa shape index (κ2) is 7.04. The number of benzene rings is 1. The van der Waals surface area contributed by atoms with Gasteiger partial charge in [0.2, 0.25) is 0 Å². The summed E-state index contributed by atoms with van der Waals surface area (Å²) >= 11 is 3.74. The lowest BCUT2D eigenvalue weighted by molar-refractivity contribution is -0.385. The lowest BCUT2D eigenvalue weighted by Gasteiger charge is -2.29. The number of alkyl halides is 1. The molecule has 0 bridgehead atoms. The fourth-order valence-electron chi connectivity index (χ4n) is 2.81. The Labute approximate surface area is 123 Å². The predicted octanol–water partition coefficient (Wildman–Crippen LogP) is 4.83. The van der Waals surface area contributed by atoms with E-state index in [2.05, 4.69) is 43.6 Å². The standard InChI is InChI=1S/C15H22BrNO2/c1-10(2)15(11(3)4)13(16)9-12-7-5-6-8-14(12)17(18)19/h5-8,10-11,13,15H,9H2,1-4H3. The Hall–Kier alpha value is -0.900. The highest BCUT2D eigenvalue weighted by Gasteiger charge is 2.27. The van der Waals surface area contributed by atoms with Crippen LogP contribution in [-0.2, 0) is 6.42 Å². The van der Waals surface area contributed by atoms with Gasteiger partial charge in [-0.05, 0) is 24.2 Å². The molecule has 19 heavy (non-hydrogen) atoms. The van der Waals surface area contributed by atoms with Crippen LogP contribution < -0.4 is 0 Å². The Morgan fingerprint density at radius 3 is 2.16 bits per heavy atom. The van der Waals surface area contributed by atoms with Gasteiger partial charge in [-0.25, -0.2) is 0 Å². The third-order valence-corrected chi connectivity index (χ3v) is 4.49. The van der Waals surface area contributed by atoms with Crippen molar-refractivity contribution in [3.8, 4) is 0 Å². The van der Waals surface area contributed by atoms with Gasteiger partial charge in [0, 0.05) is 16.5 Å². The minimum absolute atomic E-state index is 0.221. The third-order valence-electron chi connectivity index (χ3n) is 3.56. The smallest absolute Gasteiger partial charge is 0.258 e. The van der Waals surface area contributed by atoms with Crippen LogP contribution >= 0.6 is 15.9 Å². The molecule has 0 aliphatic carbocycles. The van der Waals surface area contributed by atoms with E-state index in [1.807, 2.05) is 12.1 Å². The molecule has 0 aliphatic heterocycles. The molecule has 1 aromatic carbocycles. The van der Waals surface area contributed by atoms with E-state index >= 15 is 0 Å². The number of nitro benzene ring substituents is 1. The van der Waals surface area contributed by atoms with Crippen molar-refractivity contribution >= 4 is 21.6 Å². The average molecular weight is 328 g/mol. The molecule has 0 N–H and O–H groups in total. The molecule has 1 rings (SSSR count). The van der Waals surface area contributed by atoms with Crippen molar-refractivity contribution in [2.75, 3.05) is 0 Å². The summed E-state index contributed by atoms with van der Waals surface area (Å²) in [4.78, 5) is 11.0. The van der Waals surface area contributed by atoms with E-state index < -0.39 is 0 Å². The van der Waals surface area contributed by atoms with Gasteiger partial charge in [0.05, 0.1) is 4.92 Å². The summed E-state index contributed by atoms with van der Waals surface area (Å²) in [5, 5.41) is 11.0. The van der Waals surface area contributed by atoms with Crippen molar-refractivity contribution in [1.82, 2.24) is 0 Å². The van der Waals surface area contributed by atoms with Gasteiger partial charge in [-0.1, -0.05) is 61.8 Å². The van der Waals surface area contributed by atoms with E-state index in [1.54, 1.807) is 12.1 Å². The number of para-hydroxylation sites is 1. The zero-order chi connectivity index (χ0) is 14.6. The summed E-state index contributed by atoms with van der Waals surface area (Å²) in [7, 11) is 0. The molecule has 3 nitrogen and oxygen atoms in total. The SMILES string of the molecule is CC(C)C(C(C)C)C(Br)Cc1ccccc1[N+](=O)[O-]. The molecule has 1 unspecified atom stereocenters. The molecular formula is C15H22BrNO2. The first-order chi connectivity index (χ1) is 8.84. The monoisotopic (exact) mass is 327 g/mol. The maximum absolute atomic E-state index is 11.0. The highest BCUT2D eigenvalue weighted by molar-refractivity contribution is 9.09. The van der Waals surface area contributed by atoms with Crippen molar-refractivity contribution in [2.24, 2.45) is 17.8 Å². The van der Waals surface area contributed by atoms with Gasteiger partial charge in [-0.15, -0.1) is 0 Å². The molecule has 0 radical (unpaired) electrons. The van der Waals surface area contributed by atoms with E-state index in [-0.39, 0.29) is 15.4 Å². The highest BCUT2D eigenvalue weighted by Crippen LogP contribution is 2.32. The molecular weight excluding hydrogens is 306 g/mol. The predicted molar refractivity (Wildman–Crippen MR) is 82.7 cm³/mol. The quantitative estimate of drug-likeness (QED) is 0.426. The first-order valence-corrected chi connectivity index (χ1v) is 7.62. The molecule has 4 heteroatoms. The Kier molecular flexibility index (Phi) is 5.98. The highest BCUT2D eigenvalue weighted by atomic mass is 79.9. The minimum atomic E-state index is -0.297. The topological polar surface area (TPSA) is 43.1 Å². The summed E-state index contributed by atoms with van der Waals surface area (Å²) in [5.74, 6) is 1.60. The first kappa shape index (κ1) is 16.2. The Balaban J connectivity index is 2.92. The number of nitrogens with zero attached hydrogens (tertiary/aromatic N) is 1. The summed E-state index contributed by atoms with van der Waals surface area (Å²) in [6, 6.07) is 7.01. The number of nitro groups is 1. The number of hydrogen-bond donors (Lipinski definition) is 0. The molecule has 0 aliphatic rings. The van der Waals surface area contributed by atoms with E-state index in [1.165, 1.54) is 0 Å². The molecule has 1 aromatic rings. The Bertz CT molecular complexity index is 424. The zero-order valence-electron chi connectivity index (χ0n) is 12.0. The molecule has 0 aromatic heterocycles. The molecule has 0 heterocycles. The zero-order valence-corrected chi connectivity index (χ0v) is 13.6. The van der Waals surface area contributed by atoms with Gasteiger partial charge in [-0.2, -0.15) is 0 Å². The summed E-state index contributed by atoms with van der Waals surface area (Å²) in [6.45, 7) is 8.83. The summed E-state index contributed by atoms with van der Waals surface area (Å²) in [6.07, 6.45) is 0.693. The van der Waals surface area contributed by atoms with E-state index in [4.69, 9.17) is 0 Å². The molecule has 0 saturated heterocycles. The lowest BCUT2D eigenvalue weighted by Crippen LogP contribution is -2.27. The van der Waals surface area contributed by atoms with Crippen LogP contribution in [0.4, 0.5) is 5.69 Å². The molecule has 0 saturated carbocycles. The van der Waals surface area contributed by atoms with Crippen LogP contribution in [0, 0.1) is 27.9 Å². The van der Waals surface area contributed by atoms with Crippen molar-refractivity contribution in [2.45, 2.75) is 38.9 Å².